The summed E-state index contributed by atoms with van der Waals surface area (Å²) in [6.45, 7) is 6.56. The molecule has 0 spiro atoms. The van der Waals surface area contributed by atoms with Crippen LogP contribution in [0.15, 0.2) is 60.8 Å². The van der Waals surface area contributed by atoms with Crippen molar-refractivity contribution in [1.29, 1.82) is 0 Å². The van der Waals surface area contributed by atoms with Gasteiger partial charge in [-0.25, -0.2) is 0 Å². The van der Waals surface area contributed by atoms with Gasteiger partial charge in [-0.1, -0.05) is 229 Å². The number of rotatable bonds is 52. The molecule has 0 aromatic carbocycles. The molecule has 0 radical (unpaired) electrons. The summed E-state index contributed by atoms with van der Waals surface area (Å²) < 4.78 is 16.8. The van der Waals surface area contributed by atoms with Crippen LogP contribution in [0.4, 0.5) is 0 Å². The van der Waals surface area contributed by atoms with Crippen LogP contribution in [0, 0.1) is 0 Å². The molecular weight excluding hydrogens is 829 g/mol. The van der Waals surface area contributed by atoms with Gasteiger partial charge in [-0.05, 0) is 103 Å². The van der Waals surface area contributed by atoms with Gasteiger partial charge in [-0.2, -0.15) is 0 Å². The first kappa shape index (κ1) is 64.1. The Balaban J connectivity index is 4.33. The van der Waals surface area contributed by atoms with E-state index in [-0.39, 0.29) is 31.1 Å². The Morgan fingerprint density at radius 1 is 0.299 bits per heavy atom. The number of carbonyl (C=O) groups is 3. The Morgan fingerprint density at radius 3 is 0.881 bits per heavy atom. The Labute approximate surface area is 415 Å². The quantitative estimate of drug-likeness (QED) is 0.0262. The molecule has 0 aliphatic rings. The summed E-state index contributed by atoms with van der Waals surface area (Å²) >= 11 is 0. The molecule has 0 aliphatic carbocycles. The number of hydrogen-bond donors (Lipinski definition) is 0. The summed E-state index contributed by atoms with van der Waals surface area (Å²) in [4.78, 5) is 38.1. The molecular formula is C61H108O6. The van der Waals surface area contributed by atoms with E-state index in [2.05, 4.69) is 81.5 Å². The van der Waals surface area contributed by atoms with Crippen LogP contribution in [0.2, 0.25) is 0 Å². The van der Waals surface area contributed by atoms with E-state index >= 15 is 0 Å². The van der Waals surface area contributed by atoms with Gasteiger partial charge in [0.2, 0.25) is 0 Å². The lowest BCUT2D eigenvalue weighted by Crippen LogP contribution is -2.30. The van der Waals surface area contributed by atoms with Gasteiger partial charge in [0.15, 0.2) is 6.10 Å². The number of carbonyl (C=O) groups excluding carboxylic acids is 3. The average molecular weight is 938 g/mol. The van der Waals surface area contributed by atoms with Crippen LogP contribution < -0.4 is 0 Å². The summed E-state index contributed by atoms with van der Waals surface area (Å²) in [6.07, 6.45) is 69.2. The van der Waals surface area contributed by atoms with Crippen LogP contribution in [0.25, 0.3) is 0 Å². The van der Waals surface area contributed by atoms with E-state index in [0.29, 0.717) is 19.3 Å². The van der Waals surface area contributed by atoms with Gasteiger partial charge in [-0.15, -0.1) is 0 Å². The second kappa shape index (κ2) is 55.7. The maximum absolute atomic E-state index is 12.9. The summed E-state index contributed by atoms with van der Waals surface area (Å²) in [5.41, 5.74) is 0. The molecule has 1 atom stereocenters. The Kier molecular flexibility index (Phi) is 53.3. The molecule has 0 aliphatic heterocycles. The SMILES string of the molecule is CCCC/C=C\CCCCCCCC(=O)OC[C@H](COC(=O)CCCCCCCCCCC/C=C\C/C=C\CCCCC)OC(=O)CCCCCCCCCCC/C=C\C/C=C\CCCCC. The average Bonchev–Trinajstić information content (AvgIpc) is 3.33. The second-order valence-electron chi connectivity index (χ2n) is 19.2. The van der Waals surface area contributed by atoms with E-state index in [9.17, 15) is 14.4 Å². The summed E-state index contributed by atoms with van der Waals surface area (Å²) in [5.74, 6) is -0.888. The first-order chi connectivity index (χ1) is 33.0. The van der Waals surface area contributed by atoms with E-state index in [4.69, 9.17) is 14.2 Å². The zero-order valence-electron chi connectivity index (χ0n) is 44.4. The minimum absolute atomic E-state index is 0.0798. The molecule has 6 nitrogen and oxygen atoms in total. The Morgan fingerprint density at radius 2 is 0.552 bits per heavy atom. The predicted molar refractivity (Wildman–Crippen MR) is 288 cm³/mol. The molecule has 0 unspecified atom stereocenters. The van der Waals surface area contributed by atoms with Crippen molar-refractivity contribution in [2.24, 2.45) is 0 Å². The largest absolute Gasteiger partial charge is 0.462 e. The third kappa shape index (κ3) is 53.9. The molecule has 0 fully saturated rings. The number of allylic oxidation sites excluding steroid dienone is 10. The molecule has 0 aromatic heterocycles. The Hall–Kier alpha value is -2.89. The highest BCUT2D eigenvalue weighted by Crippen LogP contribution is 2.15. The molecule has 0 saturated heterocycles. The molecule has 0 amide bonds. The lowest BCUT2D eigenvalue weighted by Gasteiger charge is -2.18. The van der Waals surface area contributed by atoms with Crippen molar-refractivity contribution in [3.63, 3.8) is 0 Å². The van der Waals surface area contributed by atoms with Crippen LogP contribution in [-0.4, -0.2) is 37.2 Å². The van der Waals surface area contributed by atoms with E-state index < -0.39 is 6.10 Å². The Bertz CT molecular complexity index is 1210. The van der Waals surface area contributed by atoms with E-state index in [1.165, 1.54) is 173 Å². The molecule has 0 N–H and O–H groups in total. The van der Waals surface area contributed by atoms with Crippen molar-refractivity contribution in [3.05, 3.63) is 60.8 Å². The maximum Gasteiger partial charge on any atom is 0.306 e. The first-order valence-electron chi connectivity index (χ1n) is 28.8. The number of unbranched alkanes of at least 4 members (excludes halogenated alkanes) is 31. The molecule has 67 heavy (non-hydrogen) atoms. The minimum Gasteiger partial charge on any atom is -0.462 e. The second-order valence-corrected chi connectivity index (χ2v) is 19.2. The highest BCUT2D eigenvalue weighted by Gasteiger charge is 2.19. The van der Waals surface area contributed by atoms with Gasteiger partial charge in [0, 0.05) is 19.3 Å². The number of esters is 3. The van der Waals surface area contributed by atoms with Crippen molar-refractivity contribution >= 4 is 17.9 Å². The van der Waals surface area contributed by atoms with E-state index in [1.807, 2.05) is 0 Å². The number of hydrogen-bond acceptors (Lipinski definition) is 6. The normalized spacial score (nSPS) is 12.5. The molecule has 0 saturated carbocycles. The lowest BCUT2D eigenvalue weighted by molar-refractivity contribution is -0.167. The zero-order valence-corrected chi connectivity index (χ0v) is 44.4. The fourth-order valence-corrected chi connectivity index (χ4v) is 8.07. The van der Waals surface area contributed by atoms with Crippen molar-refractivity contribution < 1.29 is 28.6 Å². The molecule has 0 heterocycles. The third-order valence-corrected chi connectivity index (χ3v) is 12.5. The molecule has 6 heteroatoms. The van der Waals surface area contributed by atoms with E-state index in [1.54, 1.807) is 0 Å². The van der Waals surface area contributed by atoms with Crippen LogP contribution in [0.3, 0.4) is 0 Å². The highest BCUT2D eigenvalue weighted by atomic mass is 16.6. The molecule has 0 rings (SSSR count). The van der Waals surface area contributed by atoms with Crippen molar-refractivity contribution in [2.45, 2.75) is 297 Å². The van der Waals surface area contributed by atoms with Crippen molar-refractivity contribution in [2.75, 3.05) is 13.2 Å². The number of ether oxygens (including phenoxy) is 3. The molecule has 0 bridgehead atoms. The predicted octanol–water partition coefficient (Wildman–Crippen LogP) is 19.2. The summed E-state index contributed by atoms with van der Waals surface area (Å²) in [6, 6.07) is 0. The standard InChI is InChI=1S/C61H108O6/c1-4-7-10-13-16-19-22-24-26-28-30-32-34-36-39-42-45-48-51-54-60(63)66-57-58(56-65-59(62)53-50-47-44-41-38-21-18-15-12-9-6-3)67-61(64)55-52-49-46-43-40-37-35-33-31-29-27-25-23-20-17-14-11-8-5-2/h15-20,24-27,58H,4-14,21-23,28-57H2,1-3H3/b18-15-,19-16-,20-17-,26-24-,27-25-/t58-/m1/s1. The fourth-order valence-electron chi connectivity index (χ4n) is 8.07. The smallest absolute Gasteiger partial charge is 0.306 e. The molecule has 388 valence electrons. The van der Waals surface area contributed by atoms with Gasteiger partial charge in [0.25, 0.3) is 0 Å². The summed E-state index contributed by atoms with van der Waals surface area (Å²) in [7, 11) is 0. The zero-order chi connectivity index (χ0) is 48.6. The van der Waals surface area contributed by atoms with Gasteiger partial charge in [0.1, 0.15) is 13.2 Å². The highest BCUT2D eigenvalue weighted by molar-refractivity contribution is 5.71. The van der Waals surface area contributed by atoms with Crippen LogP contribution in [0.5, 0.6) is 0 Å². The van der Waals surface area contributed by atoms with Gasteiger partial charge in [-0.3, -0.25) is 14.4 Å². The van der Waals surface area contributed by atoms with Crippen molar-refractivity contribution in [3.8, 4) is 0 Å². The minimum atomic E-state index is -0.781. The molecule has 0 aromatic rings. The van der Waals surface area contributed by atoms with E-state index in [0.717, 1.165) is 77.0 Å². The third-order valence-electron chi connectivity index (χ3n) is 12.5. The monoisotopic (exact) mass is 937 g/mol. The van der Waals surface area contributed by atoms with Crippen molar-refractivity contribution in [1.82, 2.24) is 0 Å². The first-order valence-corrected chi connectivity index (χ1v) is 28.8. The van der Waals surface area contributed by atoms with Crippen LogP contribution in [-0.2, 0) is 28.6 Å². The van der Waals surface area contributed by atoms with Gasteiger partial charge in [0.05, 0.1) is 0 Å². The van der Waals surface area contributed by atoms with Crippen LogP contribution >= 0.6 is 0 Å². The van der Waals surface area contributed by atoms with Gasteiger partial charge >= 0.3 is 17.9 Å². The maximum atomic E-state index is 12.9. The lowest BCUT2D eigenvalue weighted by atomic mass is 10.1. The summed E-state index contributed by atoms with van der Waals surface area (Å²) in [5, 5.41) is 0. The topological polar surface area (TPSA) is 78.9 Å². The van der Waals surface area contributed by atoms with Gasteiger partial charge < -0.3 is 14.2 Å². The van der Waals surface area contributed by atoms with Crippen LogP contribution in [0.1, 0.15) is 290 Å². The fraction of sp³-hybridized carbons (Fsp3) is 0.787.